The number of imidazole rings is 1. The van der Waals surface area contributed by atoms with Crippen LogP contribution in [0, 0.1) is 6.92 Å². The summed E-state index contributed by atoms with van der Waals surface area (Å²) in [5.74, 6) is 0.554. The average molecular weight is 283 g/mol. The number of benzene rings is 1. The van der Waals surface area contributed by atoms with Crippen LogP contribution < -0.4 is 5.73 Å². The first-order valence-corrected chi connectivity index (χ1v) is 7.41. The smallest absolute Gasteiger partial charge is 0.202 e. The Morgan fingerprint density at radius 2 is 1.86 bits per heavy atom. The highest BCUT2D eigenvalue weighted by atomic mass is 15.4. The summed E-state index contributed by atoms with van der Waals surface area (Å²) in [6.07, 6.45) is 1.01. The lowest BCUT2D eigenvalue weighted by atomic mass is 10.1. The molecule has 5 heteroatoms. The monoisotopic (exact) mass is 283 g/mol. The first-order valence-electron chi connectivity index (χ1n) is 7.41. The first kappa shape index (κ1) is 13.7. The van der Waals surface area contributed by atoms with Gasteiger partial charge in [0.2, 0.25) is 5.95 Å². The minimum atomic E-state index is 0.554. The van der Waals surface area contributed by atoms with Crippen LogP contribution in [0.3, 0.4) is 0 Å². The molecule has 0 atom stereocenters. The molecule has 2 aromatic heterocycles. The highest BCUT2D eigenvalue weighted by Crippen LogP contribution is 2.23. The number of aromatic nitrogens is 4. The fraction of sp³-hybridized carbons (Fsp3) is 0.375. The quantitative estimate of drug-likeness (QED) is 0.801. The third-order valence-corrected chi connectivity index (χ3v) is 3.96. The molecule has 0 aliphatic rings. The zero-order valence-electron chi connectivity index (χ0n) is 12.8. The second-order valence-corrected chi connectivity index (χ2v) is 5.25. The van der Waals surface area contributed by atoms with Crippen molar-refractivity contribution in [3.05, 3.63) is 41.1 Å². The Morgan fingerprint density at radius 3 is 2.52 bits per heavy atom. The minimum absolute atomic E-state index is 0.554. The minimum Gasteiger partial charge on any atom is -0.369 e. The van der Waals surface area contributed by atoms with Gasteiger partial charge in [-0.3, -0.25) is 4.57 Å². The number of rotatable bonds is 4. The summed E-state index contributed by atoms with van der Waals surface area (Å²) < 4.78 is 4.04. The Bertz CT molecular complexity index is 781. The van der Waals surface area contributed by atoms with Gasteiger partial charge in [0.15, 0.2) is 5.65 Å². The van der Waals surface area contributed by atoms with E-state index in [1.54, 1.807) is 0 Å². The van der Waals surface area contributed by atoms with E-state index >= 15 is 0 Å². The van der Waals surface area contributed by atoms with Crippen LogP contribution in [-0.4, -0.2) is 19.3 Å². The van der Waals surface area contributed by atoms with E-state index in [2.05, 4.69) is 52.8 Å². The van der Waals surface area contributed by atoms with Gasteiger partial charge < -0.3 is 5.73 Å². The molecule has 1 aromatic carbocycles. The van der Waals surface area contributed by atoms with Crippen molar-refractivity contribution in [1.29, 1.82) is 0 Å². The summed E-state index contributed by atoms with van der Waals surface area (Å²) in [5, 5.41) is 4.53. The molecule has 0 aliphatic heterocycles. The van der Waals surface area contributed by atoms with Gasteiger partial charge in [-0.25, -0.2) is 9.67 Å². The Morgan fingerprint density at radius 1 is 1.14 bits per heavy atom. The van der Waals surface area contributed by atoms with E-state index in [0.29, 0.717) is 5.95 Å². The van der Waals surface area contributed by atoms with Crippen molar-refractivity contribution in [2.24, 2.45) is 0 Å². The molecule has 2 N–H and O–H groups in total. The molecule has 2 heterocycles. The lowest BCUT2D eigenvalue weighted by Gasteiger charge is -2.11. The maximum absolute atomic E-state index is 6.14. The van der Waals surface area contributed by atoms with E-state index in [1.807, 2.05) is 11.6 Å². The molecule has 21 heavy (non-hydrogen) atoms. The molecule has 0 saturated heterocycles. The van der Waals surface area contributed by atoms with E-state index in [1.165, 1.54) is 11.1 Å². The second kappa shape index (κ2) is 5.24. The number of nitrogen functional groups attached to an aromatic ring is 1. The SMILES string of the molecule is CCc1ccccc1Cn1c(N)nc2c(C)nn(CC)c21. The predicted molar refractivity (Wildman–Crippen MR) is 85.3 cm³/mol. The molecule has 0 unspecified atom stereocenters. The Hall–Kier alpha value is -2.30. The number of hydrogen-bond acceptors (Lipinski definition) is 3. The van der Waals surface area contributed by atoms with E-state index < -0.39 is 0 Å². The van der Waals surface area contributed by atoms with Gasteiger partial charge in [-0.15, -0.1) is 0 Å². The molecular formula is C16H21N5. The van der Waals surface area contributed by atoms with Gasteiger partial charge in [-0.1, -0.05) is 31.2 Å². The Labute approximate surface area is 124 Å². The standard InChI is InChI=1S/C16H21N5/c1-4-12-8-6-7-9-13(12)10-20-15-14(18-16(20)17)11(3)19-21(15)5-2/h6-9H,4-5,10H2,1-3H3,(H2,17,18). The van der Waals surface area contributed by atoms with Crippen molar-refractivity contribution in [1.82, 2.24) is 19.3 Å². The van der Waals surface area contributed by atoms with Crippen LogP contribution in [0.25, 0.3) is 11.2 Å². The summed E-state index contributed by atoms with van der Waals surface area (Å²) in [6, 6.07) is 8.47. The van der Waals surface area contributed by atoms with Crippen LogP contribution in [0.1, 0.15) is 30.7 Å². The molecular weight excluding hydrogens is 262 g/mol. The summed E-state index contributed by atoms with van der Waals surface area (Å²) in [7, 11) is 0. The fourth-order valence-electron chi connectivity index (χ4n) is 2.84. The zero-order valence-corrected chi connectivity index (χ0v) is 12.8. The molecule has 0 saturated carbocycles. The molecule has 0 amide bonds. The van der Waals surface area contributed by atoms with Crippen LogP contribution in [0.5, 0.6) is 0 Å². The number of hydrogen-bond donors (Lipinski definition) is 1. The normalized spacial score (nSPS) is 11.4. The van der Waals surface area contributed by atoms with Crippen molar-refractivity contribution in [2.45, 2.75) is 40.3 Å². The van der Waals surface area contributed by atoms with Crippen LogP contribution in [-0.2, 0) is 19.5 Å². The summed E-state index contributed by atoms with van der Waals surface area (Å²) in [4.78, 5) is 4.49. The first-order chi connectivity index (χ1) is 10.2. The van der Waals surface area contributed by atoms with Crippen LogP contribution in [0.4, 0.5) is 5.95 Å². The Kier molecular flexibility index (Phi) is 3.41. The van der Waals surface area contributed by atoms with Gasteiger partial charge in [-0.2, -0.15) is 5.10 Å². The molecule has 110 valence electrons. The van der Waals surface area contributed by atoms with Crippen LogP contribution in [0.2, 0.25) is 0 Å². The van der Waals surface area contributed by atoms with Gasteiger partial charge in [0.05, 0.1) is 12.2 Å². The fourth-order valence-corrected chi connectivity index (χ4v) is 2.84. The van der Waals surface area contributed by atoms with E-state index in [0.717, 1.165) is 36.4 Å². The average Bonchev–Trinajstić information content (AvgIpc) is 2.98. The summed E-state index contributed by atoms with van der Waals surface area (Å²) >= 11 is 0. The molecule has 0 radical (unpaired) electrons. The van der Waals surface area contributed by atoms with Gasteiger partial charge >= 0.3 is 0 Å². The van der Waals surface area contributed by atoms with Crippen molar-refractivity contribution in [3.8, 4) is 0 Å². The highest BCUT2D eigenvalue weighted by Gasteiger charge is 2.17. The third-order valence-electron chi connectivity index (χ3n) is 3.96. The second-order valence-electron chi connectivity index (χ2n) is 5.25. The zero-order chi connectivity index (χ0) is 15.0. The van der Waals surface area contributed by atoms with Gasteiger partial charge in [0, 0.05) is 6.54 Å². The number of fused-ring (bicyclic) bond motifs is 1. The molecule has 3 rings (SSSR count). The molecule has 0 bridgehead atoms. The van der Waals surface area contributed by atoms with Gasteiger partial charge in [-0.05, 0) is 31.4 Å². The molecule has 5 nitrogen and oxygen atoms in total. The van der Waals surface area contributed by atoms with Crippen molar-refractivity contribution in [2.75, 3.05) is 5.73 Å². The highest BCUT2D eigenvalue weighted by molar-refractivity contribution is 5.77. The number of nitrogens with zero attached hydrogens (tertiary/aromatic N) is 4. The largest absolute Gasteiger partial charge is 0.369 e. The molecule has 0 fully saturated rings. The number of aryl methyl sites for hydroxylation is 3. The van der Waals surface area contributed by atoms with Crippen molar-refractivity contribution < 1.29 is 0 Å². The van der Waals surface area contributed by atoms with E-state index in [-0.39, 0.29) is 0 Å². The van der Waals surface area contributed by atoms with E-state index in [9.17, 15) is 0 Å². The summed E-state index contributed by atoms with van der Waals surface area (Å²) in [5.41, 5.74) is 11.6. The lowest BCUT2D eigenvalue weighted by Crippen LogP contribution is -2.10. The Balaban J connectivity index is 2.14. The molecule has 0 spiro atoms. The maximum Gasteiger partial charge on any atom is 0.202 e. The van der Waals surface area contributed by atoms with Crippen molar-refractivity contribution in [3.63, 3.8) is 0 Å². The van der Waals surface area contributed by atoms with Gasteiger partial charge in [0.1, 0.15) is 5.52 Å². The topological polar surface area (TPSA) is 61.7 Å². The number of anilines is 1. The maximum atomic E-state index is 6.14. The van der Waals surface area contributed by atoms with Crippen molar-refractivity contribution >= 4 is 17.1 Å². The van der Waals surface area contributed by atoms with Gasteiger partial charge in [0.25, 0.3) is 0 Å². The third kappa shape index (κ3) is 2.18. The molecule has 0 aliphatic carbocycles. The summed E-state index contributed by atoms with van der Waals surface area (Å²) in [6.45, 7) is 7.78. The lowest BCUT2D eigenvalue weighted by molar-refractivity contribution is 0.647. The predicted octanol–water partition coefficient (Wildman–Crippen LogP) is 2.75. The number of nitrogens with two attached hydrogens (primary N) is 1. The van der Waals surface area contributed by atoms with Crippen LogP contribution >= 0.6 is 0 Å². The molecule has 3 aromatic rings. The van der Waals surface area contributed by atoms with E-state index in [4.69, 9.17) is 5.73 Å². The van der Waals surface area contributed by atoms with Crippen LogP contribution in [0.15, 0.2) is 24.3 Å².